The van der Waals surface area contributed by atoms with Crippen LogP contribution in [0.25, 0.3) is 6.08 Å². The summed E-state index contributed by atoms with van der Waals surface area (Å²) in [5, 5.41) is 0. The Hall–Kier alpha value is -2.40. The lowest BCUT2D eigenvalue weighted by Gasteiger charge is -2.06. The van der Waals surface area contributed by atoms with E-state index in [0.29, 0.717) is 18.3 Å². The molecular weight excluding hydrogens is 358 g/mol. The third-order valence-corrected chi connectivity index (χ3v) is 3.70. The van der Waals surface area contributed by atoms with Crippen LogP contribution in [0.4, 0.5) is 0 Å². The van der Waals surface area contributed by atoms with E-state index in [0.717, 1.165) is 15.6 Å². The Kier molecular flexibility index (Phi) is 4.57. The average molecular weight is 372 g/mol. The molecule has 0 aliphatic carbocycles. The molecule has 4 nitrogen and oxygen atoms in total. The summed E-state index contributed by atoms with van der Waals surface area (Å²) in [4.78, 5) is 16.4. The van der Waals surface area contributed by atoms with Crippen molar-refractivity contribution in [2.45, 2.75) is 6.92 Å². The number of hydrogen-bond donors (Lipinski definition) is 0. The first-order chi connectivity index (χ1) is 11.2. The van der Waals surface area contributed by atoms with Gasteiger partial charge >= 0.3 is 5.97 Å². The van der Waals surface area contributed by atoms with Crippen molar-refractivity contribution in [1.29, 1.82) is 0 Å². The van der Waals surface area contributed by atoms with Crippen LogP contribution in [-0.2, 0) is 9.53 Å². The van der Waals surface area contributed by atoms with E-state index in [4.69, 9.17) is 9.47 Å². The molecule has 0 saturated carbocycles. The van der Waals surface area contributed by atoms with Gasteiger partial charge < -0.3 is 9.47 Å². The number of carbonyl (C=O) groups excluding carboxylic acids is 1. The van der Waals surface area contributed by atoms with Crippen LogP contribution < -0.4 is 4.74 Å². The third-order valence-electron chi connectivity index (χ3n) is 3.20. The van der Waals surface area contributed by atoms with Gasteiger partial charge in [0.05, 0.1) is 6.61 Å². The Morgan fingerprint density at radius 1 is 1.22 bits per heavy atom. The molecule has 0 spiro atoms. The lowest BCUT2D eigenvalue weighted by Crippen LogP contribution is -2.05. The molecule has 5 heteroatoms. The van der Waals surface area contributed by atoms with Crippen molar-refractivity contribution in [3.63, 3.8) is 0 Å². The quantitative estimate of drug-likeness (QED) is 0.597. The van der Waals surface area contributed by atoms with Crippen LogP contribution in [0, 0.1) is 0 Å². The minimum atomic E-state index is -0.466. The number of aliphatic imine (C=N–C) groups is 1. The number of para-hydroxylation sites is 1. The minimum Gasteiger partial charge on any atom is -0.493 e. The Balaban J connectivity index is 1.95. The van der Waals surface area contributed by atoms with Crippen molar-refractivity contribution >= 4 is 33.9 Å². The summed E-state index contributed by atoms with van der Waals surface area (Å²) in [5.74, 6) is 0.545. The first-order valence-electron chi connectivity index (χ1n) is 7.17. The summed E-state index contributed by atoms with van der Waals surface area (Å²) in [6.45, 7) is 2.47. The minimum absolute atomic E-state index is 0.257. The maximum atomic E-state index is 12.1. The Morgan fingerprint density at radius 2 is 2.04 bits per heavy atom. The molecule has 0 unspecified atom stereocenters. The van der Waals surface area contributed by atoms with E-state index >= 15 is 0 Å². The van der Waals surface area contributed by atoms with Crippen LogP contribution >= 0.6 is 15.9 Å². The van der Waals surface area contributed by atoms with Gasteiger partial charge in [-0.1, -0.05) is 40.2 Å². The highest BCUT2D eigenvalue weighted by atomic mass is 79.9. The first-order valence-corrected chi connectivity index (χ1v) is 7.97. The molecule has 116 valence electrons. The normalized spacial score (nSPS) is 15.5. The van der Waals surface area contributed by atoms with Gasteiger partial charge in [0.2, 0.25) is 5.90 Å². The maximum absolute atomic E-state index is 12.1. The topological polar surface area (TPSA) is 47.9 Å². The number of benzene rings is 2. The second-order valence-corrected chi connectivity index (χ2v) is 5.73. The largest absolute Gasteiger partial charge is 0.493 e. The van der Waals surface area contributed by atoms with E-state index in [9.17, 15) is 4.79 Å². The molecule has 0 amide bonds. The molecule has 1 aliphatic heterocycles. The van der Waals surface area contributed by atoms with Gasteiger partial charge in [-0.05, 0) is 37.3 Å². The van der Waals surface area contributed by atoms with Crippen molar-refractivity contribution in [1.82, 2.24) is 0 Å². The van der Waals surface area contributed by atoms with E-state index in [1.807, 2.05) is 55.5 Å². The van der Waals surface area contributed by atoms with Gasteiger partial charge in [-0.2, -0.15) is 0 Å². The van der Waals surface area contributed by atoms with Crippen molar-refractivity contribution in [2.24, 2.45) is 4.99 Å². The fourth-order valence-corrected chi connectivity index (χ4v) is 2.59. The van der Waals surface area contributed by atoms with Crippen LogP contribution in [-0.4, -0.2) is 18.5 Å². The molecule has 1 heterocycles. The molecule has 0 radical (unpaired) electrons. The molecule has 0 aromatic heterocycles. The van der Waals surface area contributed by atoms with Crippen LogP contribution in [0.2, 0.25) is 0 Å². The van der Waals surface area contributed by atoms with Gasteiger partial charge in [0, 0.05) is 15.6 Å². The lowest BCUT2D eigenvalue weighted by molar-refractivity contribution is -0.129. The van der Waals surface area contributed by atoms with E-state index in [-0.39, 0.29) is 5.70 Å². The Morgan fingerprint density at radius 3 is 2.83 bits per heavy atom. The molecule has 2 aromatic rings. The predicted octanol–water partition coefficient (Wildman–Crippen LogP) is 4.19. The molecule has 0 atom stereocenters. The Labute approximate surface area is 142 Å². The van der Waals surface area contributed by atoms with E-state index < -0.39 is 5.97 Å². The predicted molar refractivity (Wildman–Crippen MR) is 92.4 cm³/mol. The van der Waals surface area contributed by atoms with Crippen LogP contribution in [0.1, 0.15) is 18.1 Å². The second-order valence-electron chi connectivity index (χ2n) is 4.82. The average Bonchev–Trinajstić information content (AvgIpc) is 2.91. The summed E-state index contributed by atoms with van der Waals surface area (Å²) in [7, 11) is 0. The van der Waals surface area contributed by atoms with Crippen molar-refractivity contribution in [3.8, 4) is 5.75 Å². The summed E-state index contributed by atoms with van der Waals surface area (Å²) in [6.07, 6.45) is 1.68. The molecule has 0 bridgehead atoms. The number of ether oxygens (including phenoxy) is 2. The van der Waals surface area contributed by atoms with Crippen molar-refractivity contribution < 1.29 is 14.3 Å². The zero-order chi connectivity index (χ0) is 16.2. The SMILES string of the molecule is CCOc1ccccc1C=C1N=C(c2cccc(Br)c2)OC1=O. The highest BCUT2D eigenvalue weighted by molar-refractivity contribution is 9.10. The standard InChI is InChI=1S/C18H14BrNO3/c1-2-22-16-9-4-3-6-12(16)11-15-18(21)23-17(20-15)13-7-5-8-14(19)10-13/h3-11H,2H2,1H3. The number of esters is 1. The fourth-order valence-electron chi connectivity index (χ4n) is 2.19. The molecule has 3 rings (SSSR count). The third kappa shape index (κ3) is 3.51. The smallest absolute Gasteiger partial charge is 0.363 e. The van der Waals surface area contributed by atoms with Gasteiger partial charge in [-0.25, -0.2) is 9.79 Å². The van der Waals surface area contributed by atoms with E-state index in [2.05, 4.69) is 20.9 Å². The number of rotatable bonds is 4. The van der Waals surface area contributed by atoms with Gasteiger partial charge in [0.1, 0.15) is 5.75 Å². The van der Waals surface area contributed by atoms with Gasteiger partial charge in [-0.3, -0.25) is 0 Å². The van der Waals surface area contributed by atoms with Crippen LogP contribution in [0.3, 0.4) is 0 Å². The zero-order valence-corrected chi connectivity index (χ0v) is 14.0. The monoisotopic (exact) mass is 371 g/mol. The van der Waals surface area contributed by atoms with Crippen LogP contribution in [0.15, 0.2) is 63.7 Å². The zero-order valence-electron chi connectivity index (χ0n) is 12.5. The summed E-state index contributed by atoms with van der Waals surface area (Å²) in [5.41, 5.74) is 1.79. The van der Waals surface area contributed by atoms with Crippen molar-refractivity contribution in [2.75, 3.05) is 6.61 Å². The summed E-state index contributed by atoms with van der Waals surface area (Å²) >= 11 is 3.39. The molecule has 2 aromatic carbocycles. The van der Waals surface area contributed by atoms with Crippen LogP contribution in [0.5, 0.6) is 5.75 Å². The highest BCUT2D eigenvalue weighted by Crippen LogP contribution is 2.25. The molecule has 0 saturated heterocycles. The first kappa shape index (κ1) is 15.5. The Bertz CT molecular complexity index is 811. The molecular formula is C18H14BrNO3. The summed E-state index contributed by atoms with van der Waals surface area (Å²) < 4.78 is 11.7. The number of hydrogen-bond acceptors (Lipinski definition) is 4. The van der Waals surface area contributed by atoms with Gasteiger partial charge in [0.25, 0.3) is 0 Å². The lowest BCUT2D eigenvalue weighted by atomic mass is 10.1. The fraction of sp³-hybridized carbons (Fsp3) is 0.111. The molecule has 1 aliphatic rings. The molecule has 0 N–H and O–H groups in total. The summed E-state index contributed by atoms with van der Waals surface area (Å²) in [6, 6.07) is 15.0. The second kappa shape index (κ2) is 6.79. The number of carbonyl (C=O) groups is 1. The number of nitrogens with zero attached hydrogens (tertiary/aromatic N) is 1. The van der Waals surface area contributed by atoms with Crippen molar-refractivity contribution in [3.05, 3.63) is 69.8 Å². The number of halogens is 1. The highest BCUT2D eigenvalue weighted by Gasteiger charge is 2.24. The van der Waals surface area contributed by atoms with Gasteiger partial charge in [-0.15, -0.1) is 0 Å². The van der Waals surface area contributed by atoms with E-state index in [1.165, 1.54) is 0 Å². The molecule has 0 fully saturated rings. The van der Waals surface area contributed by atoms with E-state index in [1.54, 1.807) is 6.08 Å². The molecule has 23 heavy (non-hydrogen) atoms. The maximum Gasteiger partial charge on any atom is 0.363 e. The van der Waals surface area contributed by atoms with Gasteiger partial charge in [0.15, 0.2) is 5.70 Å². The number of cyclic esters (lactones) is 1.